The third-order valence-corrected chi connectivity index (χ3v) is 11.8. The summed E-state index contributed by atoms with van der Waals surface area (Å²) in [7, 11) is 0. The van der Waals surface area contributed by atoms with Gasteiger partial charge in [0.1, 0.15) is 13.2 Å². The second kappa shape index (κ2) is 52.7. The maximum atomic E-state index is 12.8. The summed E-state index contributed by atoms with van der Waals surface area (Å²) in [6, 6.07) is 0. The number of allylic oxidation sites excluding steroid dienone is 10. The van der Waals surface area contributed by atoms with Crippen LogP contribution in [0.5, 0.6) is 0 Å². The van der Waals surface area contributed by atoms with Gasteiger partial charge in [-0.3, -0.25) is 14.4 Å². The Labute approximate surface area is 396 Å². The van der Waals surface area contributed by atoms with Crippen LogP contribution in [-0.2, 0) is 28.6 Å². The third kappa shape index (κ3) is 50.1. The molecular weight excluding hydrogens is 793 g/mol. The summed E-state index contributed by atoms with van der Waals surface area (Å²) in [5, 5.41) is 0. The first-order valence-corrected chi connectivity index (χ1v) is 27.3. The molecule has 1 atom stereocenters. The van der Waals surface area contributed by atoms with Crippen LogP contribution in [0.3, 0.4) is 0 Å². The highest BCUT2D eigenvalue weighted by Gasteiger charge is 2.19. The lowest BCUT2D eigenvalue weighted by Gasteiger charge is -2.18. The van der Waals surface area contributed by atoms with Gasteiger partial charge in [0, 0.05) is 19.3 Å². The van der Waals surface area contributed by atoms with Crippen LogP contribution < -0.4 is 0 Å². The summed E-state index contributed by atoms with van der Waals surface area (Å²) in [5.41, 5.74) is 0. The van der Waals surface area contributed by atoms with Crippen LogP contribution in [0, 0.1) is 0 Å². The maximum Gasteiger partial charge on any atom is 0.306 e. The van der Waals surface area contributed by atoms with Gasteiger partial charge in [0.05, 0.1) is 0 Å². The highest BCUT2D eigenvalue weighted by molar-refractivity contribution is 5.71. The summed E-state index contributed by atoms with van der Waals surface area (Å²) >= 11 is 0. The molecule has 0 aliphatic rings. The van der Waals surface area contributed by atoms with Gasteiger partial charge in [-0.05, 0) is 77.0 Å². The largest absolute Gasteiger partial charge is 0.462 e. The van der Waals surface area contributed by atoms with Crippen molar-refractivity contribution in [1.82, 2.24) is 0 Å². The topological polar surface area (TPSA) is 78.9 Å². The lowest BCUT2D eigenvalue weighted by Crippen LogP contribution is -2.30. The molecule has 0 aliphatic heterocycles. The highest BCUT2D eigenvalue weighted by Crippen LogP contribution is 2.16. The van der Waals surface area contributed by atoms with Crippen molar-refractivity contribution in [3.05, 3.63) is 60.8 Å². The number of ether oxygens (including phenoxy) is 3. The van der Waals surface area contributed by atoms with E-state index in [2.05, 4.69) is 81.5 Å². The van der Waals surface area contributed by atoms with Gasteiger partial charge in [0.2, 0.25) is 0 Å². The van der Waals surface area contributed by atoms with Gasteiger partial charge >= 0.3 is 17.9 Å². The quantitative estimate of drug-likeness (QED) is 0.0262. The van der Waals surface area contributed by atoms with Crippen LogP contribution in [0.25, 0.3) is 0 Å². The number of esters is 3. The molecular formula is C58H102O6. The van der Waals surface area contributed by atoms with Crippen molar-refractivity contribution in [2.45, 2.75) is 277 Å². The SMILES string of the molecule is CC/C=C\C/C=C\C/C=C\CCCCCC(=O)OCC(COC(=O)CCCCCCCCCCCCCCCCCCCCC)OC(=O)CCCCCCC/C=C\C/C=C\CCCC. The fourth-order valence-corrected chi connectivity index (χ4v) is 7.65. The van der Waals surface area contributed by atoms with Crippen molar-refractivity contribution in [3.8, 4) is 0 Å². The molecule has 0 aromatic heterocycles. The third-order valence-electron chi connectivity index (χ3n) is 11.8. The number of carbonyl (C=O) groups excluding carboxylic acids is 3. The van der Waals surface area contributed by atoms with E-state index in [1.54, 1.807) is 0 Å². The molecule has 6 nitrogen and oxygen atoms in total. The Morgan fingerprint density at radius 1 is 0.328 bits per heavy atom. The predicted molar refractivity (Wildman–Crippen MR) is 275 cm³/mol. The van der Waals surface area contributed by atoms with E-state index >= 15 is 0 Å². The van der Waals surface area contributed by atoms with Crippen LogP contribution in [0.15, 0.2) is 60.8 Å². The number of carbonyl (C=O) groups is 3. The van der Waals surface area contributed by atoms with Gasteiger partial charge in [-0.25, -0.2) is 0 Å². The molecule has 0 saturated heterocycles. The monoisotopic (exact) mass is 895 g/mol. The average Bonchev–Trinajstić information content (AvgIpc) is 3.29. The molecule has 0 N–H and O–H groups in total. The van der Waals surface area contributed by atoms with E-state index in [-0.39, 0.29) is 31.1 Å². The normalized spacial score (nSPS) is 12.5. The molecule has 0 aliphatic carbocycles. The Kier molecular flexibility index (Phi) is 50.4. The predicted octanol–water partition coefficient (Wildman–Crippen LogP) is 18.0. The van der Waals surface area contributed by atoms with Crippen molar-refractivity contribution in [3.63, 3.8) is 0 Å². The number of rotatable bonds is 49. The first-order chi connectivity index (χ1) is 31.5. The van der Waals surface area contributed by atoms with Crippen molar-refractivity contribution in [2.24, 2.45) is 0 Å². The van der Waals surface area contributed by atoms with E-state index < -0.39 is 6.10 Å². The van der Waals surface area contributed by atoms with Gasteiger partial charge in [-0.1, -0.05) is 236 Å². The zero-order valence-electron chi connectivity index (χ0n) is 42.3. The second-order valence-corrected chi connectivity index (χ2v) is 18.1. The summed E-state index contributed by atoms with van der Waals surface area (Å²) in [6.07, 6.45) is 65.0. The molecule has 0 saturated carbocycles. The Morgan fingerprint density at radius 2 is 0.625 bits per heavy atom. The summed E-state index contributed by atoms with van der Waals surface area (Å²) in [6.45, 7) is 6.47. The lowest BCUT2D eigenvalue weighted by molar-refractivity contribution is -0.167. The molecule has 1 unspecified atom stereocenters. The van der Waals surface area contributed by atoms with Crippen molar-refractivity contribution >= 4 is 17.9 Å². The van der Waals surface area contributed by atoms with E-state index in [0.717, 1.165) is 109 Å². The van der Waals surface area contributed by atoms with E-state index in [1.807, 2.05) is 0 Å². The lowest BCUT2D eigenvalue weighted by atomic mass is 10.0. The molecule has 0 aromatic rings. The van der Waals surface area contributed by atoms with E-state index in [0.29, 0.717) is 19.3 Å². The molecule has 0 spiro atoms. The summed E-state index contributed by atoms with van der Waals surface area (Å²) < 4.78 is 16.8. The van der Waals surface area contributed by atoms with Gasteiger partial charge in [-0.2, -0.15) is 0 Å². The second-order valence-electron chi connectivity index (χ2n) is 18.1. The van der Waals surface area contributed by atoms with E-state index in [4.69, 9.17) is 14.2 Å². The Balaban J connectivity index is 4.36. The van der Waals surface area contributed by atoms with Crippen LogP contribution in [0.1, 0.15) is 271 Å². The minimum atomic E-state index is -0.791. The standard InChI is InChI=1S/C58H102O6/c1-4-7-10-13-16-19-22-25-27-28-29-30-31-34-36-39-42-45-48-51-57(60)63-54-55(53-62-56(59)50-47-44-41-38-35-32-24-21-18-15-12-9-6-3)64-58(61)52-49-46-43-40-37-33-26-23-20-17-14-11-8-5-2/h9,12,14,17-18,21,23,26,32,35,55H,4-8,10-11,13,15-16,19-20,22,24-25,27-31,33-34,36-54H2,1-3H3/b12-9-,17-14-,21-18-,26-23-,35-32-. The fraction of sp³-hybridized carbons (Fsp3) is 0.776. The molecule has 64 heavy (non-hydrogen) atoms. The molecule has 0 rings (SSSR count). The first-order valence-electron chi connectivity index (χ1n) is 27.3. The number of hydrogen-bond donors (Lipinski definition) is 0. The van der Waals surface area contributed by atoms with Crippen LogP contribution in [-0.4, -0.2) is 37.2 Å². The zero-order chi connectivity index (χ0) is 46.5. The summed E-state index contributed by atoms with van der Waals surface area (Å²) in [5.74, 6) is -0.924. The highest BCUT2D eigenvalue weighted by atomic mass is 16.6. The molecule has 0 amide bonds. The molecule has 0 aromatic carbocycles. The van der Waals surface area contributed by atoms with Gasteiger partial charge in [0.25, 0.3) is 0 Å². The Bertz CT molecular complexity index is 1170. The van der Waals surface area contributed by atoms with Crippen LogP contribution in [0.2, 0.25) is 0 Å². The van der Waals surface area contributed by atoms with Crippen LogP contribution in [0.4, 0.5) is 0 Å². The molecule has 6 heteroatoms. The van der Waals surface area contributed by atoms with E-state index in [9.17, 15) is 14.4 Å². The zero-order valence-corrected chi connectivity index (χ0v) is 42.3. The Morgan fingerprint density at radius 3 is 1.02 bits per heavy atom. The summed E-state index contributed by atoms with van der Waals surface area (Å²) in [4.78, 5) is 38.0. The van der Waals surface area contributed by atoms with Crippen molar-refractivity contribution in [1.29, 1.82) is 0 Å². The van der Waals surface area contributed by atoms with E-state index in [1.165, 1.54) is 122 Å². The fourth-order valence-electron chi connectivity index (χ4n) is 7.65. The molecule has 0 heterocycles. The smallest absolute Gasteiger partial charge is 0.306 e. The molecule has 370 valence electrons. The number of unbranched alkanes of at least 4 members (excludes halogenated alkanes) is 28. The molecule has 0 fully saturated rings. The Hall–Kier alpha value is -2.89. The molecule has 0 radical (unpaired) electrons. The molecule has 0 bridgehead atoms. The first kappa shape index (κ1) is 61.1. The number of hydrogen-bond acceptors (Lipinski definition) is 6. The van der Waals surface area contributed by atoms with Gasteiger partial charge in [-0.15, -0.1) is 0 Å². The van der Waals surface area contributed by atoms with Gasteiger partial charge in [0.15, 0.2) is 6.10 Å². The minimum Gasteiger partial charge on any atom is -0.462 e. The maximum absolute atomic E-state index is 12.8. The van der Waals surface area contributed by atoms with Gasteiger partial charge < -0.3 is 14.2 Å². The average molecular weight is 895 g/mol. The van der Waals surface area contributed by atoms with Crippen molar-refractivity contribution in [2.75, 3.05) is 13.2 Å². The van der Waals surface area contributed by atoms with Crippen LogP contribution >= 0.6 is 0 Å². The van der Waals surface area contributed by atoms with Crippen molar-refractivity contribution < 1.29 is 28.6 Å². The minimum absolute atomic E-state index is 0.0873.